The lowest BCUT2D eigenvalue weighted by Crippen LogP contribution is -2.52. The van der Waals surface area contributed by atoms with E-state index < -0.39 is 0 Å². The van der Waals surface area contributed by atoms with Gasteiger partial charge in [-0.2, -0.15) is 0 Å². The van der Waals surface area contributed by atoms with Gasteiger partial charge in [-0.1, -0.05) is 0 Å². The molecule has 0 spiro atoms. The number of aryl methyl sites for hydroxylation is 1. The highest BCUT2D eigenvalue weighted by Gasteiger charge is 2.22. The van der Waals surface area contributed by atoms with Crippen LogP contribution >= 0.6 is 0 Å². The lowest BCUT2D eigenvalue weighted by Gasteiger charge is -2.37. The highest BCUT2D eigenvalue weighted by molar-refractivity contribution is 5.74. The molecule has 6 nitrogen and oxygen atoms in total. The number of urea groups is 1. The molecule has 1 N–H and O–H groups in total. The minimum Gasteiger partial charge on any atom is -0.372 e. The van der Waals surface area contributed by atoms with Crippen molar-refractivity contribution in [3.8, 4) is 0 Å². The first-order valence-corrected chi connectivity index (χ1v) is 10.2. The monoisotopic (exact) mass is 375 g/mol. The summed E-state index contributed by atoms with van der Waals surface area (Å²) in [6.45, 7) is 13.7. The minimum absolute atomic E-state index is 0.0713. The number of rotatable bonds is 8. The summed E-state index contributed by atoms with van der Waals surface area (Å²) in [5.74, 6) is 0. The number of carbonyl (C=O) groups excluding carboxylic acids is 1. The van der Waals surface area contributed by atoms with Crippen LogP contribution in [-0.2, 0) is 0 Å². The molecule has 27 heavy (non-hydrogen) atoms. The Bertz CT molecular complexity index is 592. The van der Waals surface area contributed by atoms with Crippen molar-refractivity contribution in [2.45, 2.75) is 27.2 Å². The molecule has 0 saturated carbocycles. The molecule has 1 aliphatic rings. The summed E-state index contributed by atoms with van der Waals surface area (Å²) in [5, 5.41) is 3.04. The molecule has 0 radical (unpaired) electrons. The zero-order chi connectivity index (χ0) is 19.8. The Morgan fingerprint density at radius 1 is 1.11 bits per heavy atom. The Morgan fingerprint density at radius 3 is 2.33 bits per heavy atom. The van der Waals surface area contributed by atoms with Gasteiger partial charge < -0.3 is 24.9 Å². The molecule has 1 aromatic rings. The van der Waals surface area contributed by atoms with Gasteiger partial charge in [0, 0.05) is 57.2 Å². The van der Waals surface area contributed by atoms with Gasteiger partial charge in [0.1, 0.15) is 0 Å². The third kappa shape index (κ3) is 6.03. The fourth-order valence-electron chi connectivity index (χ4n) is 3.63. The average molecular weight is 376 g/mol. The number of benzene rings is 1. The predicted octanol–water partition coefficient (Wildman–Crippen LogP) is 2.62. The van der Waals surface area contributed by atoms with Crippen LogP contribution in [0.2, 0.25) is 0 Å². The van der Waals surface area contributed by atoms with Crippen molar-refractivity contribution in [3.05, 3.63) is 23.8 Å². The first-order chi connectivity index (χ1) is 13.0. The Kier molecular flexibility index (Phi) is 8.23. The Labute approximate surface area is 165 Å². The van der Waals surface area contributed by atoms with Gasteiger partial charge in [0.15, 0.2) is 0 Å². The molecule has 0 aliphatic carbocycles. The van der Waals surface area contributed by atoms with Gasteiger partial charge in [-0.15, -0.1) is 0 Å². The van der Waals surface area contributed by atoms with Crippen molar-refractivity contribution in [2.24, 2.45) is 0 Å². The zero-order valence-corrected chi connectivity index (χ0v) is 17.8. The third-order valence-corrected chi connectivity index (χ3v) is 5.27. The fraction of sp³-hybridized carbons (Fsp3) is 0.667. The molecule has 2 amide bonds. The smallest absolute Gasteiger partial charge is 0.317 e. The summed E-state index contributed by atoms with van der Waals surface area (Å²) in [4.78, 5) is 21.2. The Morgan fingerprint density at radius 2 is 1.78 bits per heavy atom. The molecule has 1 fully saturated rings. The second-order valence-corrected chi connectivity index (χ2v) is 7.51. The van der Waals surface area contributed by atoms with Crippen LogP contribution in [0, 0.1) is 6.92 Å². The molecule has 0 atom stereocenters. The van der Waals surface area contributed by atoms with Crippen LogP contribution in [0.5, 0.6) is 0 Å². The maximum Gasteiger partial charge on any atom is 0.317 e. The standard InChI is InChI=1S/C21H37N5O/c1-6-24(7-2)19-9-10-20(18(3)17-19)25-13-15-26(16-14-25)21(27)22-11-8-12-23(4)5/h9-10,17H,6-8,11-16H2,1-5H3,(H,22,27). The average Bonchev–Trinajstić information content (AvgIpc) is 2.66. The van der Waals surface area contributed by atoms with Gasteiger partial charge in [-0.3, -0.25) is 0 Å². The summed E-state index contributed by atoms with van der Waals surface area (Å²) < 4.78 is 0. The number of nitrogens with zero attached hydrogens (tertiary/aromatic N) is 4. The Hall–Kier alpha value is -1.95. The van der Waals surface area contributed by atoms with E-state index >= 15 is 0 Å². The normalized spacial score (nSPS) is 14.6. The summed E-state index contributed by atoms with van der Waals surface area (Å²) in [7, 11) is 4.11. The number of anilines is 2. The molecule has 1 aliphatic heterocycles. The highest BCUT2D eigenvalue weighted by atomic mass is 16.2. The van der Waals surface area contributed by atoms with Crippen molar-refractivity contribution in [3.63, 3.8) is 0 Å². The van der Waals surface area contributed by atoms with E-state index in [9.17, 15) is 4.79 Å². The molecule has 1 aromatic carbocycles. The van der Waals surface area contributed by atoms with Crippen LogP contribution < -0.4 is 15.1 Å². The number of amides is 2. The van der Waals surface area contributed by atoms with E-state index in [4.69, 9.17) is 0 Å². The second kappa shape index (κ2) is 10.4. The molecule has 6 heteroatoms. The van der Waals surface area contributed by atoms with Crippen molar-refractivity contribution >= 4 is 17.4 Å². The van der Waals surface area contributed by atoms with E-state index in [1.807, 2.05) is 4.90 Å². The van der Waals surface area contributed by atoms with Crippen LogP contribution in [-0.4, -0.2) is 82.3 Å². The molecular weight excluding hydrogens is 338 g/mol. The number of hydrogen-bond donors (Lipinski definition) is 1. The van der Waals surface area contributed by atoms with Crippen molar-refractivity contribution < 1.29 is 4.79 Å². The summed E-state index contributed by atoms with van der Waals surface area (Å²) >= 11 is 0. The predicted molar refractivity (Wildman–Crippen MR) is 115 cm³/mol. The van der Waals surface area contributed by atoms with Crippen LogP contribution in [0.1, 0.15) is 25.8 Å². The number of hydrogen-bond acceptors (Lipinski definition) is 4. The van der Waals surface area contributed by atoms with Crippen LogP contribution in [0.25, 0.3) is 0 Å². The third-order valence-electron chi connectivity index (χ3n) is 5.27. The van der Waals surface area contributed by atoms with Gasteiger partial charge in [0.25, 0.3) is 0 Å². The first-order valence-electron chi connectivity index (χ1n) is 10.2. The van der Waals surface area contributed by atoms with Crippen LogP contribution in [0.4, 0.5) is 16.2 Å². The molecular formula is C21H37N5O. The minimum atomic E-state index is 0.0713. The van der Waals surface area contributed by atoms with Gasteiger partial charge in [-0.25, -0.2) is 4.79 Å². The van der Waals surface area contributed by atoms with E-state index in [0.717, 1.165) is 58.8 Å². The molecule has 0 aromatic heterocycles. The number of carbonyl (C=O) groups is 1. The summed E-state index contributed by atoms with van der Waals surface area (Å²) in [6, 6.07) is 6.81. The van der Waals surface area contributed by atoms with Crippen molar-refractivity contribution in [1.82, 2.24) is 15.1 Å². The molecule has 0 bridgehead atoms. The fourth-order valence-corrected chi connectivity index (χ4v) is 3.63. The highest BCUT2D eigenvalue weighted by Crippen LogP contribution is 2.26. The van der Waals surface area contributed by atoms with E-state index in [1.54, 1.807) is 0 Å². The lowest BCUT2D eigenvalue weighted by atomic mass is 10.1. The largest absolute Gasteiger partial charge is 0.372 e. The van der Waals surface area contributed by atoms with E-state index in [2.05, 4.69) is 73.1 Å². The van der Waals surface area contributed by atoms with Crippen molar-refractivity contribution in [1.29, 1.82) is 0 Å². The van der Waals surface area contributed by atoms with Crippen molar-refractivity contribution in [2.75, 3.05) is 76.3 Å². The molecule has 1 saturated heterocycles. The summed E-state index contributed by atoms with van der Waals surface area (Å²) in [6.07, 6.45) is 0.983. The number of piperazine rings is 1. The summed E-state index contributed by atoms with van der Waals surface area (Å²) in [5.41, 5.74) is 3.88. The Balaban J connectivity index is 1.85. The maximum atomic E-state index is 12.3. The van der Waals surface area contributed by atoms with Gasteiger partial charge in [0.05, 0.1) is 0 Å². The first kappa shape index (κ1) is 21.4. The van der Waals surface area contributed by atoms with E-state index in [1.165, 1.54) is 16.9 Å². The van der Waals surface area contributed by atoms with Gasteiger partial charge in [-0.05, 0) is 71.6 Å². The second-order valence-electron chi connectivity index (χ2n) is 7.51. The number of nitrogens with one attached hydrogen (secondary N) is 1. The quantitative estimate of drug-likeness (QED) is 0.709. The maximum absolute atomic E-state index is 12.3. The van der Waals surface area contributed by atoms with E-state index in [-0.39, 0.29) is 6.03 Å². The molecule has 152 valence electrons. The zero-order valence-electron chi connectivity index (χ0n) is 17.8. The lowest BCUT2D eigenvalue weighted by molar-refractivity contribution is 0.194. The SMILES string of the molecule is CCN(CC)c1ccc(N2CCN(C(=O)NCCCN(C)C)CC2)c(C)c1. The molecule has 1 heterocycles. The van der Waals surface area contributed by atoms with Gasteiger partial charge in [0.2, 0.25) is 0 Å². The molecule has 0 unspecified atom stereocenters. The van der Waals surface area contributed by atoms with E-state index in [0.29, 0.717) is 0 Å². The van der Waals surface area contributed by atoms with Crippen LogP contribution in [0.3, 0.4) is 0 Å². The van der Waals surface area contributed by atoms with Gasteiger partial charge >= 0.3 is 6.03 Å². The molecule has 2 rings (SSSR count). The topological polar surface area (TPSA) is 42.1 Å². The van der Waals surface area contributed by atoms with Crippen LogP contribution in [0.15, 0.2) is 18.2 Å².